The monoisotopic (exact) mass is 374 g/mol. The van der Waals surface area contributed by atoms with Crippen molar-refractivity contribution in [2.24, 2.45) is 0 Å². The molecule has 8 heteroatoms. The number of pyridine rings is 1. The van der Waals surface area contributed by atoms with Crippen molar-refractivity contribution in [1.82, 2.24) is 9.97 Å². The highest BCUT2D eigenvalue weighted by atomic mass is 32.1. The summed E-state index contributed by atoms with van der Waals surface area (Å²) in [4.78, 5) is 21.9. The van der Waals surface area contributed by atoms with Crippen LogP contribution < -0.4 is 15.8 Å². The number of thiazole rings is 1. The number of aryl methyl sites for hydroxylation is 3. The summed E-state index contributed by atoms with van der Waals surface area (Å²) in [5.74, 6) is 0. The number of fused-ring (bicyclic) bond motifs is 3. The van der Waals surface area contributed by atoms with E-state index in [0.29, 0.717) is 15.9 Å². The number of hydrogen-bond acceptors (Lipinski definition) is 7. The number of aromatic nitrogens is 2. The molecule has 0 aromatic carbocycles. The van der Waals surface area contributed by atoms with Crippen LogP contribution in [0.15, 0.2) is 5.38 Å². The first kappa shape index (κ1) is 16.3. The van der Waals surface area contributed by atoms with Gasteiger partial charge in [0.25, 0.3) is 0 Å². The third-order valence-corrected chi connectivity index (χ3v) is 6.23. The first-order valence-corrected chi connectivity index (χ1v) is 9.84. The summed E-state index contributed by atoms with van der Waals surface area (Å²) in [5, 5.41) is 6.36. The van der Waals surface area contributed by atoms with E-state index in [-0.39, 0.29) is 0 Å². The van der Waals surface area contributed by atoms with Crippen LogP contribution >= 0.6 is 22.7 Å². The van der Waals surface area contributed by atoms with Crippen LogP contribution in [0.1, 0.15) is 35.4 Å². The van der Waals surface area contributed by atoms with Crippen molar-refractivity contribution in [3.8, 4) is 5.06 Å². The Labute approximate surface area is 153 Å². The zero-order chi connectivity index (χ0) is 17.6. The molecule has 3 N–H and O–H groups in total. The Kier molecular flexibility index (Phi) is 4.09. The molecule has 0 spiro atoms. The molecule has 25 heavy (non-hydrogen) atoms. The standard InChI is InChI=1S/C17H18N4O2S2/c1-8-7-24-16(19-8)21-17(22)23-15-13(18)12-11-6-4-3-5-10(11)9(2)20-14(12)25-15/h7H,3-6,18H2,1-2H3,(H,19,21,22). The van der Waals surface area contributed by atoms with Crippen LogP contribution in [0.3, 0.4) is 0 Å². The van der Waals surface area contributed by atoms with Crippen LogP contribution in [0, 0.1) is 13.8 Å². The molecule has 0 fully saturated rings. The zero-order valence-corrected chi connectivity index (χ0v) is 15.6. The molecule has 3 aromatic heterocycles. The largest absolute Gasteiger partial charge is 0.419 e. The van der Waals surface area contributed by atoms with Gasteiger partial charge >= 0.3 is 6.09 Å². The first-order valence-electron chi connectivity index (χ1n) is 8.14. The van der Waals surface area contributed by atoms with Crippen molar-refractivity contribution in [2.75, 3.05) is 11.1 Å². The van der Waals surface area contributed by atoms with E-state index in [1.54, 1.807) is 0 Å². The van der Waals surface area contributed by atoms with Crippen LogP contribution in [-0.2, 0) is 12.8 Å². The Morgan fingerprint density at radius 1 is 1.24 bits per heavy atom. The van der Waals surface area contributed by atoms with Gasteiger partial charge in [-0.1, -0.05) is 11.3 Å². The molecule has 0 aliphatic heterocycles. The van der Waals surface area contributed by atoms with Gasteiger partial charge in [-0.25, -0.2) is 14.8 Å². The second-order valence-electron chi connectivity index (χ2n) is 6.15. The van der Waals surface area contributed by atoms with Crippen molar-refractivity contribution in [3.63, 3.8) is 0 Å². The summed E-state index contributed by atoms with van der Waals surface area (Å²) in [6, 6.07) is 0. The number of nitrogens with one attached hydrogen (secondary N) is 1. The summed E-state index contributed by atoms with van der Waals surface area (Å²) in [7, 11) is 0. The van der Waals surface area contributed by atoms with E-state index < -0.39 is 6.09 Å². The summed E-state index contributed by atoms with van der Waals surface area (Å²) >= 11 is 2.67. The number of rotatable bonds is 2. The van der Waals surface area contributed by atoms with E-state index in [0.717, 1.165) is 40.9 Å². The predicted octanol–water partition coefficient (Wildman–Crippen LogP) is 4.44. The topological polar surface area (TPSA) is 90.1 Å². The lowest BCUT2D eigenvalue weighted by Gasteiger charge is -2.18. The Hall–Kier alpha value is -2.19. The van der Waals surface area contributed by atoms with Gasteiger partial charge in [-0.15, -0.1) is 11.3 Å². The third-order valence-electron chi connectivity index (χ3n) is 4.38. The SMILES string of the molecule is Cc1csc(NC(=O)Oc2sc3nc(C)c4c(c3c2N)CCCC4)n1. The molecule has 0 bridgehead atoms. The van der Waals surface area contributed by atoms with Crippen LogP contribution in [-0.4, -0.2) is 16.1 Å². The zero-order valence-electron chi connectivity index (χ0n) is 14.0. The number of hydrogen-bond donors (Lipinski definition) is 2. The van der Waals surface area contributed by atoms with Gasteiger partial charge in [0.15, 0.2) is 5.13 Å². The minimum absolute atomic E-state index is 0.395. The molecule has 0 radical (unpaired) electrons. The second kappa shape index (κ2) is 6.27. The molecule has 3 heterocycles. The highest BCUT2D eigenvalue weighted by molar-refractivity contribution is 7.21. The normalized spacial score (nSPS) is 13.7. The number of nitrogens with zero attached hydrogens (tertiary/aromatic N) is 2. The van der Waals surface area contributed by atoms with Crippen molar-refractivity contribution < 1.29 is 9.53 Å². The minimum atomic E-state index is -0.585. The number of carbonyl (C=O) groups excluding carboxylic acids is 1. The van der Waals surface area contributed by atoms with Gasteiger partial charge < -0.3 is 10.5 Å². The van der Waals surface area contributed by atoms with E-state index in [1.165, 1.54) is 40.2 Å². The molecule has 0 saturated heterocycles. The van der Waals surface area contributed by atoms with Crippen molar-refractivity contribution >= 4 is 49.8 Å². The summed E-state index contributed by atoms with van der Waals surface area (Å²) in [6.07, 6.45) is 3.79. The van der Waals surface area contributed by atoms with E-state index in [4.69, 9.17) is 10.5 Å². The number of nitrogens with two attached hydrogens (primary N) is 1. The highest BCUT2D eigenvalue weighted by Crippen LogP contribution is 2.44. The van der Waals surface area contributed by atoms with E-state index in [9.17, 15) is 4.79 Å². The van der Waals surface area contributed by atoms with Crippen LogP contribution in [0.2, 0.25) is 0 Å². The molecule has 3 aromatic rings. The Balaban J connectivity index is 1.66. The van der Waals surface area contributed by atoms with Gasteiger partial charge in [0.05, 0.1) is 11.4 Å². The fourth-order valence-electron chi connectivity index (χ4n) is 3.27. The lowest BCUT2D eigenvalue weighted by atomic mass is 9.89. The summed E-state index contributed by atoms with van der Waals surface area (Å²) in [5.41, 5.74) is 11.3. The number of ether oxygens (including phenoxy) is 1. The molecule has 6 nitrogen and oxygen atoms in total. The van der Waals surface area contributed by atoms with Crippen molar-refractivity contribution in [1.29, 1.82) is 0 Å². The maximum atomic E-state index is 12.1. The van der Waals surface area contributed by atoms with Gasteiger partial charge in [0, 0.05) is 16.5 Å². The van der Waals surface area contributed by atoms with Gasteiger partial charge in [0.2, 0.25) is 5.06 Å². The van der Waals surface area contributed by atoms with Gasteiger partial charge in [-0.05, 0) is 50.7 Å². The second-order valence-corrected chi connectivity index (χ2v) is 7.97. The third kappa shape index (κ3) is 2.96. The maximum Gasteiger partial charge on any atom is 0.419 e. The molecule has 0 atom stereocenters. The average molecular weight is 374 g/mol. The fourth-order valence-corrected chi connectivity index (χ4v) is 4.96. The summed E-state index contributed by atoms with van der Waals surface area (Å²) < 4.78 is 5.44. The number of carbonyl (C=O) groups is 1. The Morgan fingerprint density at radius 2 is 2.00 bits per heavy atom. The molecule has 0 saturated carbocycles. The molecule has 0 unspecified atom stereocenters. The highest BCUT2D eigenvalue weighted by Gasteiger charge is 2.23. The van der Waals surface area contributed by atoms with Gasteiger partial charge in [0.1, 0.15) is 4.83 Å². The Morgan fingerprint density at radius 3 is 2.72 bits per heavy atom. The molecule has 1 aliphatic rings. The van der Waals surface area contributed by atoms with Crippen molar-refractivity contribution in [2.45, 2.75) is 39.5 Å². The van der Waals surface area contributed by atoms with E-state index >= 15 is 0 Å². The average Bonchev–Trinajstić information content (AvgIpc) is 3.11. The first-order chi connectivity index (χ1) is 12.0. The molecular weight excluding hydrogens is 356 g/mol. The summed E-state index contributed by atoms with van der Waals surface area (Å²) in [6.45, 7) is 3.91. The maximum absolute atomic E-state index is 12.1. The lowest BCUT2D eigenvalue weighted by Crippen LogP contribution is -2.16. The predicted molar refractivity (Wildman–Crippen MR) is 102 cm³/mol. The lowest BCUT2D eigenvalue weighted by molar-refractivity contribution is 0.217. The molecule has 130 valence electrons. The van der Waals surface area contributed by atoms with Crippen LogP contribution in [0.25, 0.3) is 10.2 Å². The van der Waals surface area contributed by atoms with Gasteiger partial charge in [-0.3, -0.25) is 5.32 Å². The quantitative estimate of drug-likeness (QED) is 0.692. The molecule has 1 amide bonds. The Bertz CT molecular complexity index is 977. The van der Waals surface area contributed by atoms with Crippen LogP contribution in [0.4, 0.5) is 15.6 Å². The van der Waals surface area contributed by atoms with Crippen molar-refractivity contribution in [3.05, 3.63) is 27.9 Å². The molecule has 4 rings (SSSR count). The van der Waals surface area contributed by atoms with E-state index in [2.05, 4.69) is 15.3 Å². The smallest absolute Gasteiger partial charge is 0.397 e. The minimum Gasteiger partial charge on any atom is -0.397 e. The number of amides is 1. The van der Waals surface area contributed by atoms with Gasteiger partial charge in [-0.2, -0.15) is 0 Å². The number of anilines is 2. The van der Waals surface area contributed by atoms with E-state index in [1.807, 2.05) is 19.2 Å². The fraction of sp³-hybridized carbons (Fsp3) is 0.353. The number of nitrogen functional groups attached to an aromatic ring is 1. The molecule has 1 aliphatic carbocycles. The number of thiophene rings is 1. The molecular formula is C17H18N4O2S2. The van der Waals surface area contributed by atoms with Crippen LogP contribution in [0.5, 0.6) is 5.06 Å².